The Labute approximate surface area is 162 Å². The quantitative estimate of drug-likeness (QED) is 0.791. The van der Waals surface area contributed by atoms with E-state index in [0.717, 1.165) is 21.2 Å². The van der Waals surface area contributed by atoms with Crippen LogP contribution in [-0.4, -0.2) is 42.3 Å². The standard InChI is InChI=1S/C20H22N2O2S2/c1-13(23)16-10-19(25-12-16)26-17-4-2-15(3-5-17)20(24)21-18-11-22-8-6-14(18)7-9-22/h2-5,10,12,14,18H,6-9,11H2,1H3,(H,21,24)/t18-/m0/s1. The van der Waals surface area contributed by atoms with Crippen LogP contribution in [0.1, 0.15) is 40.5 Å². The molecular weight excluding hydrogens is 364 g/mol. The Balaban J connectivity index is 1.37. The molecule has 1 N–H and O–H groups in total. The maximum absolute atomic E-state index is 12.6. The Bertz CT molecular complexity index is 807. The van der Waals surface area contributed by atoms with Crippen LogP contribution >= 0.6 is 23.1 Å². The third kappa shape index (κ3) is 3.87. The largest absolute Gasteiger partial charge is 0.348 e. The van der Waals surface area contributed by atoms with E-state index in [9.17, 15) is 9.59 Å². The van der Waals surface area contributed by atoms with Crippen LogP contribution in [0.4, 0.5) is 0 Å². The molecule has 1 aromatic heterocycles. The molecule has 4 nitrogen and oxygen atoms in total. The van der Waals surface area contributed by atoms with Crippen molar-refractivity contribution in [2.75, 3.05) is 19.6 Å². The molecule has 2 aromatic rings. The van der Waals surface area contributed by atoms with Crippen LogP contribution in [0.5, 0.6) is 0 Å². The Morgan fingerprint density at radius 1 is 1.15 bits per heavy atom. The van der Waals surface area contributed by atoms with E-state index in [4.69, 9.17) is 0 Å². The molecule has 4 heterocycles. The van der Waals surface area contributed by atoms with E-state index in [1.807, 2.05) is 35.7 Å². The summed E-state index contributed by atoms with van der Waals surface area (Å²) in [5, 5.41) is 5.12. The van der Waals surface area contributed by atoms with Gasteiger partial charge in [-0.25, -0.2) is 0 Å². The molecule has 1 aromatic carbocycles. The molecule has 0 spiro atoms. The third-order valence-electron chi connectivity index (χ3n) is 5.29. The number of rotatable bonds is 5. The number of benzene rings is 1. The second-order valence-corrected chi connectivity index (χ2v) is 9.34. The van der Waals surface area contributed by atoms with Crippen molar-refractivity contribution in [3.8, 4) is 0 Å². The number of nitrogens with one attached hydrogen (secondary N) is 1. The maximum atomic E-state index is 12.6. The van der Waals surface area contributed by atoms with Gasteiger partial charge in [-0.2, -0.15) is 0 Å². The number of carbonyl (C=O) groups excluding carboxylic acids is 2. The third-order valence-corrected chi connectivity index (χ3v) is 7.38. The summed E-state index contributed by atoms with van der Waals surface area (Å²) < 4.78 is 1.08. The number of hydrogen-bond donors (Lipinski definition) is 1. The normalized spacial score (nSPS) is 24.4. The highest BCUT2D eigenvalue weighted by atomic mass is 32.2. The average molecular weight is 387 g/mol. The van der Waals surface area contributed by atoms with Gasteiger partial charge < -0.3 is 10.2 Å². The van der Waals surface area contributed by atoms with E-state index in [2.05, 4.69) is 10.2 Å². The number of piperidine rings is 3. The summed E-state index contributed by atoms with van der Waals surface area (Å²) >= 11 is 3.19. The number of hydrogen-bond acceptors (Lipinski definition) is 5. The average Bonchev–Trinajstić information content (AvgIpc) is 3.12. The Kier molecular flexibility index (Phi) is 5.16. The van der Waals surface area contributed by atoms with Gasteiger partial charge in [-0.1, -0.05) is 11.8 Å². The van der Waals surface area contributed by atoms with Crippen molar-refractivity contribution in [2.45, 2.75) is 34.9 Å². The summed E-state index contributed by atoms with van der Waals surface area (Å²) in [6.07, 6.45) is 2.40. The second-order valence-electron chi connectivity index (χ2n) is 7.06. The molecule has 1 amide bonds. The van der Waals surface area contributed by atoms with E-state index in [-0.39, 0.29) is 17.7 Å². The highest BCUT2D eigenvalue weighted by molar-refractivity contribution is 8.01. The molecule has 3 aliphatic rings. The van der Waals surface area contributed by atoms with Crippen LogP contribution in [-0.2, 0) is 0 Å². The van der Waals surface area contributed by atoms with Crippen LogP contribution < -0.4 is 5.32 Å². The minimum atomic E-state index is 0.0234. The van der Waals surface area contributed by atoms with Crippen molar-refractivity contribution in [1.29, 1.82) is 0 Å². The topological polar surface area (TPSA) is 49.4 Å². The lowest BCUT2D eigenvalue weighted by molar-refractivity contribution is 0.0620. The SMILES string of the molecule is CC(=O)c1csc(Sc2ccc(C(=O)N[C@H]3CN4CCC3CC4)cc2)c1. The fourth-order valence-electron chi connectivity index (χ4n) is 3.73. The van der Waals surface area contributed by atoms with Crippen molar-refractivity contribution in [3.63, 3.8) is 0 Å². The smallest absolute Gasteiger partial charge is 0.251 e. The van der Waals surface area contributed by atoms with Crippen molar-refractivity contribution < 1.29 is 9.59 Å². The summed E-state index contributed by atoms with van der Waals surface area (Å²) in [5.74, 6) is 0.747. The van der Waals surface area contributed by atoms with Gasteiger partial charge >= 0.3 is 0 Å². The number of Topliss-reactive ketones (excluding diaryl/α,β-unsaturated/α-hetero) is 1. The van der Waals surface area contributed by atoms with E-state index >= 15 is 0 Å². The number of ketones is 1. The predicted molar refractivity (Wildman–Crippen MR) is 105 cm³/mol. The Morgan fingerprint density at radius 2 is 1.88 bits per heavy atom. The number of fused-ring (bicyclic) bond motifs is 3. The van der Waals surface area contributed by atoms with Gasteiger partial charge in [-0.3, -0.25) is 9.59 Å². The molecule has 0 radical (unpaired) electrons. The monoisotopic (exact) mass is 386 g/mol. The van der Waals surface area contributed by atoms with Crippen molar-refractivity contribution >= 4 is 34.8 Å². The van der Waals surface area contributed by atoms with Crippen LogP contribution in [0.25, 0.3) is 0 Å². The number of amides is 1. The molecule has 3 aliphatic heterocycles. The molecule has 6 heteroatoms. The van der Waals surface area contributed by atoms with E-state index < -0.39 is 0 Å². The van der Waals surface area contributed by atoms with Gasteiger partial charge in [0.15, 0.2) is 5.78 Å². The van der Waals surface area contributed by atoms with Crippen molar-refractivity contribution in [3.05, 3.63) is 46.8 Å². The minimum absolute atomic E-state index is 0.0234. The van der Waals surface area contributed by atoms with E-state index in [1.54, 1.807) is 30.0 Å². The zero-order chi connectivity index (χ0) is 18.1. The van der Waals surface area contributed by atoms with Crippen molar-refractivity contribution in [1.82, 2.24) is 10.2 Å². The molecule has 1 atom stereocenters. The van der Waals surface area contributed by atoms with Crippen LogP contribution in [0.2, 0.25) is 0 Å². The van der Waals surface area contributed by atoms with E-state index in [1.165, 1.54) is 25.9 Å². The van der Waals surface area contributed by atoms with Crippen molar-refractivity contribution in [2.24, 2.45) is 5.92 Å². The number of nitrogens with zero attached hydrogens (tertiary/aromatic N) is 1. The molecule has 0 saturated carbocycles. The van der Waals surface area contributed by atoms with Gasteiger partial charge in [0, 0.05) is 34.0 Å². The van der Waals surface area contributed by atoms with Gasteiger partial charge in [0.25, 0.3) is 5.91 Å². The first-order valence-corrected chi connectivity index (χ1v) is 10.7. The van der Waals surface area contributed by atoms with Gasteiger partial charge in [-0.05, 0) is 69.1 Å². The fraction of sp³-hybridized carbons (Fsp3) is 0.400. The lowest BCUT2D eigenvalue weighted by Crippen LogP contribution is -2.57. The van der Waals surface area contributed by atoms with Gasteiger partial charge in [0.05, 0.1) is 4.21 Å². The first-order valence-electron chi connectivity index (χ1n) is 8.99. The second kappa shape index (κ2) is 7.55. The Hall–Kier alpha value is -1.63. The molecule has 2 bridgehead atoms. The maximum Gasteiger partial charge on any atom is 0.251 e. The molecule has 3 fully saturated rings. The summed E-state index contributed by atoms with van der Waals surface area (Å²) in [6.45, 7) is 4.92. The first kappa shape index (κ1) is 17.8. The van der Waals surface area contributed by atoms with Crippen LogP contribution in [0.3, 0.4) is 0 Å². The number of carbonyl (C=O) groups is 2. The predicted octanol–water partition coefficient (Wildman–Crippen LogP) is 3.93. The summed E-state index contributed by atoms with van der Waals surface area (Å²) in [5.41, 5.74) is 1.47. The molecular formula is C20H22N2O2S2. The number of thiophene rings is 1. The molecule has 136 valence electrons. The minimum Gasteiger partial charge on any atom is -0.348 e. The fourth-order valence-corrected chi connectivity index (χ4v) is 5.71. The molecule has 26 heavy (non-hydrogen) atoms. The van der Waals surface area contributed by atoms with Gasteiger partial charge in [0.1, 0.15) is 0 Å². The summed E-state index contributed by atoms with van der Waals surface area (Å²) in [4.78, 5) is 27.5. The first-order chi connectivity index (χ1) is 12.6. The molecule has 5 rings (SSSR count). The zero-order valence-corrected chi connectivity index (χ0v) is 16.4. The highest BCUT2D eigenvalue weighted by Crippen LogP contribution is 2.33. The highest BCUT2D eigenvalue weighted by Gasteiger charge is 2.34. The van der Waals surface area contributed by atoms with Gasteiger partial charge in [-0.15, -0.1) is 11.3 Å². The van der Waals surface area contributed by atoms with Crippen LogP contribution in [0.15, 0.2) is 44.8 Å². The summed E-state index contributed by atoms with van der Waals surface area (Å²) in [6, 6.07) is 9.94. The zero-order valence-electron chi connectivity index (χ0n) is 14.7. The lowest BCUT2D eigenvalue weighted by atomic mass is 9.84. The lowest BCUT2D eigenvalue weighted by Gasteiger charge is -2.44. The van der Waals surface area contributed by atoms with Gasteiger partial charge in [0.2, 0.25) is 0 Å². The molecule has 0 unspecified atom stereocenters. The Morgan fingerprint density at radius 3 is 2.46 bits per heavy atom. The van der Waals surface area contributed by atoms with Crippen LogP contribution in [0, 0.1) is 5.92 Å². The van der Waals surface area contributed by atoms with E-state index in [0.29, 0.717) is 11.5 Å². The molecule has 3 saturated heterocycles. The molecule has 0 aliphatic carbocycles. The summed E-state index contributed by atoms with van der Waals surface area (Å²) in [7, 11) is 0.